The molecule has 2 N–H and O–H groups in total. The molecule has 0 atom stereocenters. The van der Waals surface area contributed by atoms with Gasteiger partial charge in [-0.1, -0.05) is 0 Å². The summed E-state index contributed by atoms with van der Waals surface area (Å²) in [5, 5.41) is 0. The molecule has 12 heavy (non-hydrogen) atoms. The average molecular weight is 168 g/mol. The van der Waals surface area contributed by atoms with Crippen molar-refractivity contribution < 1.29 is 4.39 Å². The molecular weight excluding hydrogens is 155 g/mol. The van der Waals surface area contributed by atoms with E-state index in [0.717, 1.165) is 12.0 Å². The molecule has 0 saturated heterocycles. The normalized spacial score (nSPS) is 10.2. The van der Waals surface area contributed by atoms with Crippen LogP contribution in [-0.4, -0.2) is 11.5 Å². The summed E-state index contributed by atoms with van der Waals surface area (Å²) in [7, 11) is 0. The van der Waals surface area contributed by atoms with Crippen LogP contribution in [0, 0.1) is 12.7 Å². The molecule has 3 heteroatoms. The lowest BCUT2D eigenvalue weighted by Gasteiger charge is -2.01. The first-order chi connectivity index (χ1) is 5.74. The first kappa shape index (κ1) is 9.13. The van der Waals surface area contributed by atoms with Gasteiger partial charge in [-0.25, -0.2) is 4.39 Å². The topological polar surface area (TPSA) is 38.9 Å². The maximum absolute atomic E-state index is 13.1. The monoisotopic (exact) mass is 168 g/mol. The Labute approximate surface area is 71.6 Å². The molecule has 1 aromatic heterocycles. The molecule has 0 bridgehead atoms. The molecule has 66 valence electrons. The van der Waals surface area contributed by atoms with Crippen LogP contribution in [0.1, 0.15) is 17.7 Å². The first-order valence-electron chi connectivity index (χ1n) is 4.05. The van der Waals surface area contributed by atoms with Crippen molar-refractivity contribution in [3.8, 4) is 0 Å². The molecule has 1 aromatic rings. The van der Waals surface area contributed by atoms with Crippen molar-refractivity contribution >= 4 is 0 Å². The third-order valence-electron chi connectivity index (χ3n) is 1.67. The summed E-state index contributed by atoms with van der Waals surface area (Å²) in [5.74, 6) is -0.219. The van der Waals surface area contributed by atoms with E-state index < -0.39 is 0 Å². The van der Waals surface area contributed by atoms with E-state index in [0.29, 0.717) is 18.7 Å². The Bertz CT molecular complexity index is 261. The number of hydrogen-bond acceptors (Lipinski definition) is 2. The van der Waals surface area contributed by atoms with Gasteiger partial charge in [0.05, 0.1) is 5.69 Å². The fraction of sp³-hybridized carbons (Fsp3) is 0.444. The summed E-state index contributed by atoms with van der Waals surface area (Å²) in [5.41, 5.74) is 6.68. The third kappa shape index (κ3) is 2.27. The van der Waals surface area contributed by atoms with E-state index in [4.69, 9.17) is 5.73 Å². The SMILES string of the molecule is Cc1cnc(CCCN)c(F)c1. The highest BCUT2D eigenvalue weighted by Gasteiger charge is 2.02. The fourth-order valence-corrected chi connectivity index (χ4v) is 1.02. The zero-order valence-electron chi connectivity index (χ0n) is 7.18. The Kier molecular flexibility index (Phi) is 3.17. The highest BCUT2D eigenvalue weighted by molar-refractivity contribution is 5.14. The van der Waals surface area contributed by atoms with Gasteiger partial charge in [-0.15, -0.1) is 0 Å². The summed E-state index contributed by atoms with van der Waals surface area (Å²) in [6.07, 6.45) is 3.09. The fourth-order valence-electron chi connectivity index (χ4n) is 1.02. The van der Waals surface area contributed by atoms with Gasteiger partial charge in [-0.3, -0.25) is 4.98 Å². The zero-order valence-corrected chi connectivity index (χ0v) is 7.18. The predicted octanol–water partition coefficient (Wildman–Crippen LogP) is 1.42. The molecule has 1 rings (SSSR count). The molecule has 2 nitrogen and oxygen atoms in total. The van der Waals surface area contributed by atoms with Gasteiger partial charge < -0.3 is 5.73 Å². The maximum Gasteiger partial charge on any atom is 0.144 e. The van der Waals surface area contributed by atoms with E-state index in [1.807, 2.05) is 6.92 Å². The van der Waals surface area contributed by atoms with Crippen molar-refractivity contribution in [3.05, 3.63) is 29.3 Å². The number of pyridine rings is 1. The molecule has 0 aliphatic carbocycles. The Morgan fingerprint density at radius 1 is 1.58 bits per heavy atom. The Morgan fingerprint density at radius 2 is 2.33 bits per heavy atom. The lowest BCUT2D eigenvalue weighted by atomic mass is 10.2. The van der Waals surface area contributed by atoms with Crippen LogP contribution in [-0.2, 0) is 6.42 Å². The summed E-state index contributed by atoms with van der Waals surface area (Å²) in [4.78, 5) is 3.98. The van der Waals surface area contributed by atoms with E-state index in [1.165, 1.54) is 6.07 Å². The van der Waals surface area contributed by atoms with Gasteiger partial charge in [0.1, 0.15) is 5.82 Å². The Balaban J connectivity index is 2.72. The Morgan fingerprint density at radius 3 is 2.92 bits per heavy atom. The van der Waals surface area contributed by atoms with Crippen molar-refractivity contribution in [1.82, 2.24) is 4.98 Å². The minimum Gasteiger partial charge on any atom is -0.330 e. The Hall–Kier alpha value is -0.960. The van der Waals surface area contributed by atoms with Gasteiger partial charge >= 0.3 is 0 Å². The number of halogens is 1. The number of aryl methyl sites for hydroxylation is 2. The van der Waals surface area contributed by atoms with Crippen molar-refractivity contribution in [3.63, 3.8) is 0 Å². The van der Waals surface area contributed by atoms with E-state index in [1.54, 1.807) is 6.20 Å². The molecule has 0 unspecified atom stereocenters. The molecule has 0 spiro atoms. The smallest absolute Gasteiger partial charge is 0.144 e. The second kappa shape index (κ2) is 4.16. The third-order valence-corrected chi connectivity index (χ3v) is 1.67. The van der Waals surface area contributed by atoms with Crippen LogP contribution in [0.15, 0.2) is 12.3 Å². The minimum atomic E-state index is -0.219. The van der Waals surface area contributed by atoms with Crippen LogP contribution in [0.25, 0.3) is 0 Å². The van der Waals surface area contributed by atoms with Gasteiger partial charge in [-0.05, 0) is 37.9 Å². The van der Waals surface area contributed by atoms with E-state index in [-0.39, 0.29) is 5.82 Å². The molecule has 0 saturated carbocycles. The van der Waals surface area contributed by atoms with Gasteiger partial charge in [0.2, 0.25) is 0 Å². The van der Waals surface area contributed by atoms with Crippen LogP contribution < -0.4 is 5.73 Å². The highest BCUT2D eigenvalue weighted by Crippen LogP contribution is 2.07. The zero-order chi connectivity index (χ0) is 8.97. The number of rotatable bonds is 3. The number of nitrogens with two attached hydrogens (primary N) is 1. The molecule has 0 aromatic carbocycles. The molecule has 0 amide bonds. The largest absolute Gasteiger partial charge is 0.330 e. The standard InChI is InChI=1S/C9H13FN2/c1-7-5-8(10)9(12-6-7)3-2-4-11/h5-6H,2-4,11H2,1H3. The minimum absolute atomic E-state index is 0.219. The molecule has 0 radical (unpaired) electrons. The van der Waals surface area contributed by atoms with Crippen molar-refractivity contribution in [2.75, 3.05) is 6.54 Å². The summed E-state index contributed by atoms with van der Waals surface area (Å²) >= 11 is 0. The van der Waals surface area contributed by atoms with Crippen molar-refractivity contribution in [1.29, 1.82) is 0 Å². The van der Waals surface area contributed by atoms with Crippen molar-refractivity contribution in [2.45, 2.75) is 19.8 Å². The second-order valence-electron chi connectivity index (χ2n) is 2.83. The van der Waals surface area contributed by atoms with Gasteiger partial charge in [-0.2, -0.15) is 0 Å². The molecule has 0 aliphatic heterocycles. The first-order valence-corrected chi connectivity index (χ1v) is 4.05. The van der Waals surface area contributed by atoms with E-state index >= 15 is 0 Å². The van der Waals surface area contributed by atoms with E-state index in [9.17, 15) is 4.39 Å². The van der Waals surface area contributed by atoms with Gasteiger partial charge in [0, 0.05) is 6.20 Å². The molecule has 0 fully saturated rings. The van der Waals surface area contributed by atoms with Gasteiger partial charge in [0.25, 0.3) is 0 Å². The molecule has 1 heterocycles. The number of hydrogen-bond donors (Lipinski definition) is 1. The van der Waals surface area contributed by atoms with E-state index in [2.05, 4.69) is 4.98 Å². The summed E-state index contributed by atoms with van der Waals surface area (Å²) in [6, 6.07) is 1.50. The molecule has 0 aliphatic rings. The second-order valence-corrected chi connectivity index (χ2v) is 2.83. The summed E-state index contributed by atoms with van der Waals surface area (Å²) < 4.78 is 13.1. The quantitative estimate of drug-likeness (QED) is 0.741. The predicted molar refractivity (Wildman–Crippen MR) is 46.3 cm³/mol. The van der Waals surface area contributed by atoms with Crippen LogP contribution in [0.3, 0.4) is 0 Å². The van der Waals surface area contributed by atoms with Crippen LogP contribution in [0.4, 0.5) is 4.39 Å². The molecular formula is C9H13FN2. The lowest BCUT2D eigenvalue weighted by Crippen LogP contribution is -2.03. The van der Waals surface area contributed by atoms with Gasteiger partial charge in [0.15, 0.2) is 0 Å². The van der Waals surface area contributed by atoms with Crippen LogP contribution in [0.5, 0.6) is 0 Å². The average Bonchev–Trinajstić information content (AvgIpc) is 2.03. The number of aromatic nitrogens is 1. The highest BCUT2D eigenvalue weighted by atomic mass is 19.1. The summed E-state index contributed by atoms with van der Waals surface area (Å²) in [6.45, 7) is 2.40. The van der Waals surface area contributed by atoms with Crippen molar-refractivity contribution in [2.24, 2.45) is 5.73 Å². The van der Waals surface area contributed by atoms with Crippen LogP contribution in [0.2, 0.25) is 0 Å². The maximum atomic E-state index is 13.1. The lowest BCUT2D eigenvalue weighted by molar-refractivity contribution is 0.592. The van der Waals surface area contributed by atoms with Crippen LogP contribution >= 0.6 is 0 Å². The number of nitrogens with zero attached hydrogens (tertiary/aromatic N) is 1.